The van der Waals surface area contributed by atoms with Crippen LogP contribution >= 0.6 is 0 Å². The summed E-state index contributed by atoms with van der Waals surface area (Å²) in [6.07, 6.45) is 2.96. The van der Waals surface area contributed by atoms with Gasteiger partial charge in [0.2, 0.25) is 17.7 Å². The third kappa shape index (κ3) is 6.66. The van der Waals surface area contributed by atoms with Crippen LogP contribution in [0, 0.1) is 5.92 Å². The highest BCUT2D eigenvalue weighted by Gasteiger charge is 2.24. The molecule has 4 N–H and O–H groups in total. The van der Waals surface area contributed by atoms with Crippen LogP contribution in [0.25, 0.3) is 6.08 Å². The number of carbonyl (C=O) groups is 3. The molecule has 1 rings (SSSR count). The molecule has 0 aliphatic heterocycles. The van der Waals surface area contributed by atoms with Gasteiger partial charge in [0.15, 0.2) is 0 Å². The van der Waals surface area contributed by atoms with Crippen molar-refractivity contribution in [2.24, 2.45) is 11.7 Å². The maximum atomic E-state index is 12.1. The van der Waals surface area contributed by atoms with Crippen molar-refractivity contribution in [1.29, 1.82) is 0 Å². The van der Waals surface area contributed by atoms with Gasteiger partial charge in [-0.1, -0.05) is 26.0 Å². The van der Waals surface area contributed by atoms with Gasteiger partial charge in [0, 0.05) is 6.08 Å². The molecule has 0 fully saturated rings. The smallest absolute Gasteiger partial charge is 0.244 e. The van der Waals surface area contributed by atoms with Crippen LogP contribution in [-0.2, 0) is 14.4 Å². The number of primary amides is 1. The molecular formula is C18H25N3O4. The third-order valence-corrected chi connectivity index (χ3v) is 3.57. The second kappa shape index (κ2) is 9.46. The number of amides is 3. The van der Waals surface area contributed by atoms with Crippen molar-refractivity contribution >= 4 is 23.8 Å². The predicted octanol–water partition coefficient (Wildman–Crippen LogP) is 0.839. The number of benzene rings is 1. The van der Waals surface area contributed by atoms with Crippen LogP contribution in [0.2, 0.25) is 0 Å². The Bertz CT molecular complexity index is 638. The Morgan fingerprint density at radius 2 is 1.68 bits per heavy atom. The first-order chi connectivity index (χ1) is 11.7. The Labute approximate surface area is 147 Å². The molecular weight excluding hydrogens is 322 g/mol. The second-order valence-corrected chi connectivity index (χ2v) is 5.97. The maximum Gasteiger partial charge on any atom is 0.244 e. The minimum absolute atomic E-state index is 0.140. The zero-order chi connectivity index (χ0) is 19.0. The van der Waals surface area contributed by atoms with E-state index in [0.29, 0.717) is 0 Å². The number of hydrogen-bond acceptors (Lipinski definition) is 4. The van der Waals surface area contributed by atoms with E-state index in [1.807, 2.05) is 0 Å². The van der Waals surface area contributed by atoms with E-state index in [1.54, 1.807) is 51.3 Å². The van der Waals surface area contributed by atoms with E-state index in [9.17, 15) is 14.4 Å². The Morgan fingerprint density at radius 3 is 2.16 bits per heavy atom. The fourth-order valence-electron chi connectivity index (χ4n) is 2.06. The van der Waals surface area contributed by atoms with Gasteiger partial charge in [-0.25, -0.2) is 0 Å². The average Bonchev–Trinajstić information content (AvgIpc) is 2.57. The lowest BCUT2D eigenvalue weighted by molar-refractivity contribution is -0.130. The lowest BCUT2D eigenvalue weighted by atomic mass is 10.0. The summed E-state index contributed by atoms with van der Waals surface area (Å²) in [6, 6.07) is 5.60. The van der Waals surface area contributed by atoms with Crippen LogP contribution in [0.4, 0.5) is 0 Å². The summed E-state index contributed by atoms with van der Waals surface area (Å²) in [5, 5.41) is 5.08. The largest absolute Gasteiger partial charge is 0.497 e. The number of nitrogens with two attached hydrogens (primary N) is 1. The van der Waals surface area contributed by atoms with Crippen molar-refractivity contribution in [3.8, 4) is 5.75 Å². The van der Waals surface area contributed by atoms with Crippen LogP contribution in [0.5, 0.6) is 5.75 Å². The van der Waals surface area contributed by atoms with Crippen LogP contribution < -0.4 is 21.1 Å². The third-order valence-electron chi connectivity index (χ3n) is 3.57. The SMILES string of the molecule is COc1ccc(/C=C/C(=O)N[C@H](C)C(=O)N[C@H](C(N)=O)C(C)C)cc1. The molecule has 0 aliphatic rings. The molecule has 0 saturated carbocycles. The van der Waals surface area contributed by atoms with Crippen LogP contribution in [-0.4, -0.2) is 36.9 Å². The molecule has 0 spiro atoms. The van der Waals surface area contributed by atoms with Crippen molar-refractivity contribution in [2.75, 3.05) is 7.11 Å². The number of carbonyl (C=O) groups excluding carboxylic acids is 3. The van der Waals surface area contributed by atoms with Crippen molar-refractivity contribution in [3.05, 3.63) is 35.9 Å². The van der Waals surface area contributed by atoms with E-state index in [0.717, 1.165) is 11.3 Å². The molecule has 0 bridgehead atoms. The van der Waals surface area contributed by atoms with Gasteiger partial charge in [0.25, 0.3) is 0 Å². The summed E-state index contributed by atoms with van der Waals surface area (Å²) in [4.78, 5) is 35.3. The van der Waals surface area contributed by atoms with E-state index >= 15 is 0 Å². The highest BCUT2D eigenvalue weighted by molar-refractivity contribution is 5.96. The molecule has 0 aromatic heterocycles. The van der Waals surface area contributed by atoms with Crippen molar-refractivity contribution in [3.63, 3.8) is 0 Å². The Morgan fingerprint density at radius 1 is 1.08 bits per heavy atom. The summed E-state index contributed by atoms with van der Waals surface area (Å²) >= 11 is 0. The zero-order valence-electron chi connectivity index (χ0n) is 14.9. The summed E-state index contributed by atoms with van der Waals surface area (Å²) < 4.78 is 5.06. The van der Waals surface area contributed by atoms with Gasteiger partial charge in [-0.15, -0.1) is 0 Å². The number of hydrogen-bond donors (Lipinski definition) is 3. The van der Waals surface area contributed by atoms with Crippen LogP contribution in [0.15, 0.2) is 30.3 Å². The molecule has 0 saturated heterocycles. The first-order valence-electron chi connectivity index (χ1n) is 7.97. The molecule has 2 atom stereocenters. The molecule has 1 aromatic rings. The number of nitrogens with one attached hydrogen (secondary N) is 2. The molecule has 1 aromatic carbocycles. The highest BCUT2D eigenvalue weighted by atomic mass is 16.5. The van der Waals surface area contributed by atoms with Gasteiger partial charge in [-0.2, -0.15) is 0 Å². The molecule has 3 amide bonds. The predicted molar refractivity (Wildman–Crippen MR) is 95.6 cm³/mol. The molecule has 7 nitrogen and oxygen atoms in total. The number of rotatable bonds is 8. The summed E-state index contributed by atoms with van der Waals surface area (Å²) in [5.74, 6) is -0.913. The van der Waals surface area contributed by atoms with E-state index in [1.165, 1.54) is 13.0 Å². The normalized spacial score (nSPS) is 13.3. The quantitative estimate of drug-likeness (QED) is 0.605. The minimum atomic E-state index is -0.798. The summed E-state index contributed by atoms with van der Waals surface area (Å²) in [7, 11) is 1.58. The standard InChI is InChI=1S/C18H25N3O4/c1-11(2)16(17(19)23)21-18(24)12(3)20-15(22)10-7-13-5-8-14(25-4)9-6-13/h5-12,16H,1-4H3,(H2,19,23)(H,20,22)(H,21,24)/b10-7+/t12-,16+/m1/s1. The lowest BCUT2D eigenvalue weighted by Gasteiger charge is -2.21. The van der Waals surface area contributed by atoms with Gasteiger partial charge < -0.3 is 21.1 Å². The average molecular weight is 347 g/mol. The summed E-state index contributed by atoms with van der Waals surface area (Å²) in [5.41, 5.74) is 6.08. The number of methoxy groups -OCH3 is 1. The molecule has 0 unspecified atom stereocenters. The van der Waals surface area contributed by atoms with E-state index in [2.05, 4.69) is 10.6 Å². The van der Waals surface area contributed by atoms with Crippen molar-refractivity contribution in [1.82, 2.24) is 10.6 Å². The molecule has 136 valence electrons. The minimum Gasteiger partial charge on any atom is -0.497 e. The summed E-state index contributed by atoms with van der Waals surface area (Å²) in [6.45, 7) is 5.08. The molecule has 25 heavy (non-hydrogen) atoms. The Kier molecular flexibility index (Phi) is 7.65. The van der Waals surface area contributed by atoms with E-state index in [4.69, 9.17) is 10.5 Å². The van der Waals surface area contributed by atoms with Crippen LogP contribution in [0.1, 0.15) is 26.3 Å². The molecule has 7 heteroatoms. The lowest BCUT2D eigenvalue weighted by Crippen LogP contribution is -2.53. The van der Waals surface area contributed by atoms with Gasteiger partial charge in [-0.05, 0) is 36.6 Å². The van der Waals surface area contributed by atoms with E-state index < -0.39 is 29.8 Å². The van der Waals surface area contributed by atoms with Gasteiger partial charge in [-0.3, -0.25) is 14.4 Å². The van der Waals surface area contributed by atoms with Gasteiger partial charge in [0.05, 0.1) is 7.11 Å². The number of ether oxygens (including phenoxy) is 1. The fourth-order valence-corrected chi connectivity index (χ4v) is 2.06. The van der Waals surface area contributed by atoms with Crippen LogP contribution in [0.3, 0.4) is 0 Å². The fraction of sp³-hybridized carbons (Fsp3) is 0.389. The monoisotopic (exact) mass is 347 g/mol. The molecule has 0 aliphatic carbocycles. The Hall–Kier alpha value is -2.83. The topological polar surface area (TPSA) is 111 Å². The van der Waals surface area contributed by atoms with Crippen molar-refractivity contribution in [2.45, 2.75) is 32.9 Å². The maximum absolute atomic E-state index is 12.1. The van der Waals surface area contributed by atoms with E-state index in [-0.39, 0.29) is 5.92 Å². The highest BCUT2D eigenvalue weighted by Crippen LogP contribution is 2.12. The van der Waals surface area contributed by atoms with Crippen molar-refractivity contribution < 1.29 is 19.1 Å². The molecule has 0 heterocycles. The molecule has 0 radical (unpaired) electrons. The zero-order valence-corrected chi connectivity index (χ0v) is 14.9. The first kappa shape index (κ1) is 20.2. The Balaban J connectivity index is 2.58. The van der Waals surface area contributed by atoms with Gasteiger partial charge in [0.1, 0.15) is 17.8 Å². The van der Waals surface area contributed by atoms with Gasteiger partial charge >= 0.3 is 0 Å². The first-order valence-corrected chi connectivity index (χ1v) is 7.97. The second-order valence-electron chi connectivity index (χ2n) is 5.97.